The van der Waals surface area contributed by atoms with E-state index in [-0.39, 0.29) is 13.2 Å². The van der Waals surface area contributed by atoms with Crippen molar-refractivity contribution in [2.75, 3.05) is 6.61 Å². The zero-order valence-corrected chi connectivity index (χ0v) is 15.2. The summed E-state index contributed by atoms with van der Waals surface area (Å²) in [5, 5.41) is 0.645. The van der Waals surface area contributed by atoms with Gasteiger partial charge < -0.3 is 13.9 Å². The molecule has 134 valence electrons. The fourth-order valence-corrected chi connectivity index (χ4v) is 2.38. The molecule has 0 saturated carbocycles. The van der Waals surface area contributed by atoms with Crippen molar-refractivity contribution >= 4 is 17.6 Å². The Morgan fingerprint density at radius 3 is 2.62 bits per heavy atom. The van der Waals surface area contributed by atoms with Crippen molar-refractivity contribution in [1.29, 1.82) is 0 Å². The van der Waals surface area contributed by atoms with Crippen LogP contribution in [0.5, 0.6) is 5.75 Å². The van der Waals surface area contributed by atoms with Gasteiger partial charge in [-0.25, -0.2) is 9.78 Å². The van der Waals surface area contributed by atoms with Crippen LogP contribution in [0.15, 0.2) is 53.1 Å². The predicted octanol–water partition coefficient (Wildman–Crippen LogP) is 4.73. The smallest absolute Gasteiger partial charge is 0.344 e. The van der Waals surface area contributed by atoms with Crippen molar-refractivity contribution in [2.45, 2.75) is 20.5 Å². The van der Waals surface area contributed by atoms with Gasteiger partial charge in [0.05, 0.1) is 6.20 Å². The standard InChI is InChI=1S/C20H18ClNO4/c1-13-3-8-17(9-14(13)2)24-12-20(23)25-11-19-22-10-18(26-19)15-4-6-16(21)7-5-15/h3-10H,11-12H2,1-2H3. The maximum Gasteiger partial charge on any atom is 0.344 e. The van der Waals surface area contributed by atoms with Gasteiger partial charge in [0.25, 0.3) is 0 Å². The van der Waals surface area contributed by atoms with E-state index in [0.29, 0.717) is 22.4 Å². The van der Waals surface area contributed by atoms with Crippen LogP contribution < -0.4 is 4.74 Å². The molecule has 0 radical (unpaired) electrons. The minimum absolute atomic E-state index is 0.0529. The third-order valence-corrected chi connectivity index (χ3v) is 4.13. The maximum atomic E-state index is 11.8. The molecule has 0 fully saturated rings. The minimum Gasteiger partial charge on any atom is -0.482 e. The molecular weight excluding hydrogens is 354 g/mol. The van der Waals surface area contributed by atoms with E-state index in [1.54, 1.807) is 18.3 Å². The molecule has 3 aromatic rings. The van der Waals surface area contributed by atoms with E-state index in [1.165, 1.54) is 5.56 Å². The number of nitrogens with zero attached hydrogens (tertiary/aromatic N) is 1. The van der Waals surface area contributed by atoms with Crippen molar-refractivity contribution < 1.29 is 18.7 Å². The van der Waals surface area contributed by atoms with Gasteiger partial charge in [0.2, 0.25) is 5.89 Å². The van der Waals surface area contributed by atoms with Crippen molar-refractivity contribution in [3.63, 3.8) is 0 Å². The van der Waals surface area contributed by atoms with E-state index in [0.717, 1.165) is 11.1 Å². The Balaban J connectivity index is 1.50. The van der Waals surface area contributed by atoms with Crippen molar-refractivity contribution in [3.05, 3.63) is 70.7 Å². The first-order chi connectivity index (χ1) is 12.5. The van der Waals surface area contributed by atoms with Gasteiger partial charge in [-0.05, 0) is 61.4 Å². The summed E-state index contributed by atoms with van der Waals surface area (Å²) in [7, 11) is 0. The van der Waals surface area contributed by atoms with Crippen LogP contribution in [-0.4, -0.2) is 17.6 Å². The van der Waals surface area contributed by atoms with Crippen LogP contribution in [0.4, 0.5) is 0 Å². The molecule has 0 spiro atoms. The predicted molar refractivity (Wildman–Crippen MR) is 98.2 cm³/mol. The van der Waals surface area contributed by atoms with Gasteiger partial charge in [-0.15, -0.1) is 0 Å². The van der Waals surface area contributed by atoms with Gasteiger partial charge in [0.15, 0.2) is 19.0 Å². The van der Waals surface area contributed by atoms with Gasteiger partial charge in [-0.3, -0.25) is 0 Å². The van der Waals surface area contributed by atoms with Crippen LogP contribution in [0.2, 0.25) is 5.02 Å². The molecule has 3 rings (SSSR count). The Labute approximate surface area is 156 Å². The molecular formula is C20H18ClNO4. The summed E-state index contributed by atoms with van der Waals surface area (Å²) in [4.78, 5) is 15.9. The molecule has 0 saturated heterocycles. The van der Waals surface area contributed by atoms with Crippen LogP contribution in [0, 0.1) is 13.8 Å². The lowest BCUT2D eigenvalue weighted by molar-refractivity contribution is -0.148. The SMILES string of the molecule is Cc1ccc(OCC(=O)OCc2ncc(-c3ccc(Cl)cc3)o2)cc1C. The number of benzene rings is 2. The van der Waals surface area contributed by atoms with E-state index in [4.69, 9.17) is 25.5 Å². The number of carbonyl (C=O) groups is 1. The number of aryl methyl sites for hydroxylation is 2. The number of ether oxygens (including phenoxy) is 2. The Kier molecular flexibility index (Phi) is 5.58. The second-order valence-corrected chi connectivity index (χ2v) is 6.26. The van der Waals surface area contributed by atoms with E-state index >= 15 is 0 Å². The van der Waals surface area contributed by atoms with Crippen molar-refractivity contribution in [3.8, 4) is 17.1 Å². The van der Waals surface area contributed by atoms with Crippen LogP contribution in [0.25, 0.3) is 11.3 Å². The molecule has 0 amide bonds. The normalized spacial score (nSPS) is 10.6. The molecule has 0 aliphatic heterocycles. The Morgan fingerprint density at radius 1 is 1.12 bits per heavy atom. The van der Waals surface area contributed by atoms with E-state index in [9.17, 15) is 4.79 Å². The molecule has 0 aliphatic rings. The second-order valence-electron chi connectivity index (χ2n) is 5.82. The molecule has 6 heteroatoms. The quantitative estimate of drug-likeness (QED) is 0.586. The topological polar surface area (TPSA) is 61.6 Å². The van der Waals surface area contributed by atoms with Gasteiger partial charge in [0, 0.05) is 10.6 Å². The molecule has 1 heterocycles. The number of hydrogen-bond acceptors (Lipinski definition) is 5. The number of halogens is 1. The highest BCUT2D eigenvalue weighted by molar-refractivity contribution is 6.30. The average molecular weight is 372 g/mol. The van der Waals surface area contributed by atoms with Crippen LogP contribution in [0.1, 0.15) is 17.0 Å². The molecule has 0 unspecified atom stereocenters. The number of oxazole rings is 1. The van der Waals surface area contributed by atoms with Crippen LogP contribution in [-0.2, 0) is 16.1 Å². The minimum atomic E-state index is -0.491. The summed E-state index contributed by atoms with van der Waals surface area (Å²) < 4.78 is 16.1. The zero-order chi connectivity index (χ0) is 18.5. The highest BCUT2D eigenvalue weighted by Gasteiger charge is 2.10. The molecule has 0 atom stereocenters. The number of esters is 1. The molecule has 0 N–H and O–H groups in total. The Morgan fingerprint density at radius 2 is 1.88 bits per heavy atom. The lowest BCUT2D eigenvalue weighted by atomic mass is 10.1. The molecule has 1 aromatic heterocycles. The number of aromatic nitrogens is 1. The first-order valence-electron chi connectivity index (χ1n) is 8.07. The van der Waals surface area contributed by atoms with Gasteiger partial charge in [0.1, 0.15) is 5.75 Å². The molecule has 2 aromatic carbocycles. The molecule has 0 aliphatic carbocycles. The molecule has 0 bridgehead atoms. The molecule has 26 heavy (non-hydrogen) atoms. The summed E-state index contributed by atoms with van der Waals surface area (Å²) in [6.45, 7) is 3.78. The highest BCUT2D eigenvalue weighted by atomic mass is 35.5. The summed E-state index contributed by atoms with van der Waals surface area (Å²) in [6.07, 6.45) is 1.58. The van der Waals surface area contributed by atoms with E-state index < -0.39 is 5.97 Å². The van der Waals surface area contributed by atoms with Gasteiger partial charge in [-0.2, -0.15) is 0 Å². The van der Waals surface area contributed by atoms with E-state index in [1.807, 2.05) is 44.2 Å². The van der Waals surface area contributed by atoms with Crippen molar-refractivity contribution in [1.82, 2.24) is 4.98 Å². The fourth-order valence-electron chi connectivity index (χ4n) is 2.25. The number of carbonyl (C=O) groups excluding carboxylic acids is 1. The van der Waals surface area contributed by atoms with Gasteiger partial charge >= 0.3 is 5.97 Å². The maximum absolute atomic E-state index is 11.8. The largest absolute Gasteiger partial charge is 0.482 e. The lowest BCUT2D eigenvalue weighted by Gasteiger charge is -2.07. The first kappa shape index (κ1) is 18.0. The third kappa shape index (κ3) is 4.64. The number of rotatable bonds is 6. The zero-order valence-electron chi connectivity index (χ0n) is 14.5. The lowest BCUT2D eigenvalue weighted by Crippen LogP contribution is -2.14. The summed E-state index contributed by atoms with van der Waals surface area (Å²) in [5.41, 5.74) is 3.11. The van der Waals surface area contributed by atoms with Gasteiger partial charge in [-0.1, -0.05) is 17.7 Å². The van der Waals surface area contributed by atoms with Crippen molar-refractivity contribution in [2.24, 2.45) is 0 Å². The average Bonchev–Trinajstić information content (AvgIpc) is 3.10. The number of hydrogen-bond donors (Lipinski definition) is 0. The summed E-state index contributed by atoms with van der Waals surface area (Å²) in [5.74, 6) is 1.04. The van der Waals surface area contributed by atoms with Crippen LogP contribution >= 0.6 is 11.6 Å². The monoisotopic (exact) mass is 371 g/mol. The van der Waals surface area contributed by atoms with E-state index in [2.05, 4.69) is 4.98 Å². The summed E-state index contributed by atoms with van der Waals surface area (Å²) in [6, 6.07) is 12.8. The van der Waals surface area contributed by atoms with Crippen LogP contribution in [0.3, 0.4) is 0 Å². The highest BCUT2D eigenvalue weighted by Crippen LogP contribution is 2.22. The third-order valence-electron chi connectivity index (χ3n) is 3.87. The summed E-state index contributed by atoms with van der Waals surface area (Å²) >= 11 is 5.86. The Hall–Kier alpha value is -2.79. The fraction of sp³-hybridized carbons (Fsp3) is 0.200. The Bertz CT molecular complexity index is 902. The second kappa shape index (κ2) is 8.06. The first-order valence-corrected chi connectivity index (χ1v) is 8.45. The molecule has 5 nitrogen and oxygen atoms in total.